The molecular formula is C18H20N2O3S. The van der Waals surface area contributed by atoms with E-state index in [1.54, 1.807) is 0 Å². The van der Waals surface area contributed by atoms with Gasteiger partial charge in [0, 0.05) is 11.8 Å². The zero-order valence-corrected chi connectivity index (χ0v) is 14.5. The van der Waals surface area contributed by atoms with E-state index in [0.29, 0.717) is 11.7 Å². The van der Waals surface area contributed by atoms with Crippen molar-refractivity contribution < 1.29 is 14.2 Å². The molecule has 0 spiro atoms. The van der Waals surface area contributed by atoms with E-state index in [0.717, 1.165) is 22.9 Å². The minimum absolute atomic E-state index is 0.0697. The molecule has 0 radical (unpaired) electrons. The second-order valence-corrected chi connectivity index (χ2v) is 6.10. The molecule has 2 N–H and O–H groups in total. The second kappa shape index (κ2) is 7.40. The van der Waals surface area contributed by atoms with Gasteiger partial charge in [0.05, 0.1) is 6.04 Å². The predicted octanol–water partition coefficient (Wildman–Crippen LogP) is 3.48. The highest BCUT2D eigenvalue weighted by Gasteiger charge is 2.14. The first-order valence-electron chi connectivity index (χ1n) is 7.77. The van der Waals surface area contributed by atoms with Crippen LogP contribution in [0, 0.1) is 6.92 Å². The molecule has 1 atom stereocenters. The van der Waals surface area contributed by atoms with Gasteiger partial charge >= 0.3 is 0 Å². The van der Waals surface area contributed by atoms with Crippen LogP contribution in [0.15, 0.2) is 42.5 Å². The summed E-state index contributed by atoms with van der Waals surface area (Å²) < 4.78 is 16.4. The van der Waals surface area contributed by atoms with Crippen molar-refractivity contribution in [2.24, 2.45) is 0 Å². The number of ether oxygens (including phenoxy) is 3. The Morgan fingerprint density at radius 3 is 2.71 bits per heavy atom. The highest BCUT2D eigenvalue weighted by Crippen LogP contribution is 2.34. The molecule has 0 aliphatic carbocycles. The number of anilines is 1. The Labute approximate surface area is 146 Å². The lowest BCUT2D eigenvalue weighted by molar-refractivity contribution is 0.174. The first kappa shape index (κ1) is 16.4. The van der Waals surface area contributed by atoms with Gasteiger partial charge in [-0.1, -0.05) is 17.7 Å². The van der Waals surface area contributed by atoms with Crippen molar-refractivity contribution in [3.8, 4) is 17.2 Å². The summed E-state index contributed by atoms with van der Waals surface area (Å²) in [5.41, 5.74) is 2.06. The number of hydrogen-bond acceptors (Lipinski definition) is 4. The van der Waals surface area contributed by atoms with Crippen LogP contribution in [-0.2, 0) is 0 Å². The Morgan fingerprint density at radius 2 is 1.92 bits per heavy atom. The summed E-state index contributed by atoms with van der Waals surface area (Å²) in [6.07, 6.45) is 0. The average Bonchev–Trinajstić information content (AvgIpc) is 3.02. The highest BCUT2D eigenvalue weighted by molar-refractivity contribution is 7.80. The van der Waals surface area contributed by atoms with Gasteiger partial charge < -0.3 is 24.8 Å². The van der Waals surface area contributed by atoms with Crippen LogP contribution in [0.25, 0.3) is 0 Å². The fourth-order valence-electron chi connectivity index (χ4n) is 2.26. The van der Waals surface area contributed by atoms with Crippen molar-refractivity contribution in [1.82, 2.24) is 5.32 Å². The third-order valence-corrected chi connectivity index (χ3v) is 3.75. The quantitative estimate of drug-likeness (QED) is 0.810. The van der Waals surface area contributed by atoms with Crippen molar-refractivity contribution in [2.75, 3.05) is 18.7 Å². The maximum atomic E-state index is 5.75. The Bertz CT molecular complexity index is 719. The van der Waals surface area contributed by atoms with Crippen LogP contribution in [0.2, 0.25) is 0 Å². The van der Waals surface area contributed by atoms with E-state index >= 15 is 0 Å². The molecule has 0 amide bonds. The molecule has 6 heteroatoms. The molecule has 1 heterocycles. The monoisotopic (exact) mass is 344 g/mol. The first-order valence-corrected chi connectivity index (χ1v) is 8.17. The molecule has 3 rings (SSSR count). The Hall–Kier alpha value is -2.47. The van der Waals surface area contributed by atoms with Crippen LogP contribution < -0.4 is 24.8 Å². The lowest BCUT2D eigenvalue weighted by Gasteiger charge is -2.18. The van der Waals surface area contributed by atoms with Gasteiger partial charge in [0.1, 0.15) is 12.4 Å². The summed E-state index contributed by atoms with van der Waals surface area (Å²) in [4.78, 5) is 0. The zero-order chi connectivity index (χ0) is 16.9. The summed E-state index contributed by atoms with van der Waals surface area (Å²) in [5.74, 6) is 2.32. The highest BCUT2D eigenvalue weighted by atomic mass is 32.1. The van der Waals surface area contributed by atoms with E-state index < -0.39 is 0 Å². The fourth-order valence-corrected chi connectivity index (χ4v) is 2.58. The van der Waals surface area contributed by atoms with Gasteiger partial charge in [-0.25, -0.2) is 0 Å². The maximum absolute atomic E-state index is 5.75. The lowest BCUT2D eigenvalue weighted by atomic mass is 10.2. The minimum Gasteiger partial charge on any atom is -0.491 e. The Morgan fingerprint density at radius 1 is 1.17 bits per heavy atom. The summed E-state index contributed by atoms with van der Waals surface area (Å²) in [6, 6.07) is 13.7. The summed E-state index contributed by atoms with van der Waals surface area (Å²) >= 11 is 5.34. The molecule has 1 aliphatic rings. The number of hydrogen-bond donors (Lipinski definition) is 2. The molecular weight excluding hydrogens is 324 g/mol. The molecule has 0 aromatic heterocycles. The van der Waals surface area contributed by atoms with Gasteiger partial charge in [-0.05, 0) is 50.3 Å². The SMILES string of the molecule is Cc1ccc(OC[C@H](C)NC(=S)Nc2ccc3c(c2)OCO3)cc1. The zero-order valence-electron chi connectivity index (χ0n) is 13.7. The standard InChI is InChI=1S/C18H20N2O3S/c1-12-3-6-15(7-4-12)21-10-13(2)19-18(24)20-14-5-8-16-17(9-14)23-11-22-16/h3-9,13H,10-11H2,1-2H3,(H2,19,20,24)/t13-/m0/s1. The van der Waals surface area contributed by atoms with Gasteiger partial charge in [-0.3, -0.25) is 0 Å². The molecule has 1 aliphatic heterocycles. The van der Waals surface area contributed by atoms with Gasteiger partial charge in [-0.2, -0.15) is 0 Å². The molecule has 24 heavy (non-hydrogen) atoms. The molecule has 2 aromatic carbocycles. The average molecular weight is 344 g/mol. The Kier molecular flexibility index (Phi) is 5.05. The molecule has 126 valence electrons. The number of rotatable bonds is 5. The largest absolute Gasteiger partial charge is 0.491 e. The third-order valence-electron chi connectivity index (χ3n) is 3.53. The molecule has 0 fully saturated rings. The second-order valence-electron chi connectivity index (χ2n) is 5.69. The fraction of sp³-hybridized carbons (Fsp3) is 0.278. The van der Waals surface area contributed by atoms with Crippen molar-refractivity contribution in [1.29, 1.82) is 0 Å². The van der Waals surface area contributed by atoms with Gasteiger partial charge in [-0.15, -0.1) is 0 Å². The number of benzene rings is 2. The van der Waals surface area contributed by atoms with Crippen molar-refractivity contribution in [3.05, 3.63) is 48.0 Å². The first-order chi connectivity index (χ1) is 11.6. The predicted molar refractivity (Wildman–Crippen MR) is 98.1 cm³/mol. The van der Waals surface area contributed by atoms with E-state index in [-0.39, 0.29) is 12.8 Å². The number of aryl methyl sites for hydroxylation is 1. The van der Waals surface area contributed by atoms with E-state index in [4.69, 9.17) is 26.4 Å². The van der Waals surface area contributed by atoms with Crippen LogP contribution in [0.1, 0.15) is 12.5 Å². The molecule has 0 saturated heterocycles. The van der Waals surface area contributed by atoms with Crippen molar-refractivity contribution in [3.63, 3.8) is 0 Å². The summed E-state index contributed by atoms with van der Waals surface area (Å²) in [6.45, 7) is 4.84. The minimum atomic E-state index is 0.0697. The van der Waals surface area contributed by atoms with E-state index in [2.05, 4.69) is 10.6 Å². The molecule has 0 unspecified atom stereocenters. The van der Waals surface area contributed by atoms with Crippen LogP contribution >= 0.6 is 12.2 Å². The third kappa shape index (κ3) is 4.29. The smallest absolute Gasteiger partial charge is 0.231 e. The normalized spacial score (nSPS) is 13.2. The van der Waals surface area contributed by atoms with Gasteiger partial charge in [0.2, 0.25) is 6.79 Å². The summed E-state index contributed by atoms with van der Waals surface area (Å²) in [5, 5.41) is 6.87. The van der Waals surface area contributed by atoms with Crippen molar-refractivity contribution >= 4 is 23.0 Å². The van der Waals surface area contributed by atoms with E-state index in [1.165, 1.54) is 5.56 Å². The maximum Gasteiger partial charge on any atom is 0.231 e. The molecule has 0 bridgehead atoms. The van der Waals surface area contributed by atoms with Gasteiger partial charge in [0.15, 0.2) is 16.6 Å². The molecule has 0 saturated carbocycles. The van der Waals surface area contributed by atoms with Gasteiger partial charge in [0.25, 0.3) is 0 Å². The Balaban J connectivity index is 1.46. The topological polar surface area (TPSA) is 51.8 Å². The van der Waals surface area contributed by atoms with E-state index in [9.17, 15) is 0 Å². The van der Waals surface area contributed by atoms with Crippen LogP contribution in [0.4, 0.5) is 5.69 Å². The lowest BCUT2D eigenvalue weighted by Crippen LogP contribution is -2.39. The number of thiocarbonyl (C=S) groups is 1. The van der Waals surface area contributed by atoms with Crippen LogP contribution in [0.3, 0.4) is 0 Å². The van der Waals surface area contributed by atoms with Crippen molar-refractivity contribution in [2.45, 2.75) is 19.9 Å². The van der Waals surface area contributed by atoms with E-state index in [1.807, 2.05) is 56.3 Å². The van der Waals surface area contributed by atoms with Crippen LogP contribution in [0.5, 0.6) is 17.2 Å². The number of fused-ring (bicyclic) bond motifs is 1. The molecule has 2 aromatic rings. The summed E-state index contributed by atoms with van der Waals surface area (Å²) in [7, 11) is 0. The van der Waals surface area contributed by atoms with Crippen LogP contribution in [-0.4, -0.2) is 24.6 Å². The molecule has 5 nitrogen and oxygen atoms in total. The number of nitrogens with one attached hydrogen (secondary N) is 2.